The SMILES string of the molecule is c1ccc(-c2ccc(-c3cc(-c4ccc(-c5ccc(-c6cc(-c7ccccc7)nc7ccc8ccccc8c67)cc5)c5ccccc45)nc(-c4ccccc4)n3)cc2)cc1. The van der Waals surface area contributed by atoms with Gasteiger partial charge in [-0.2, -0.15) is 0 Å². The van der Waals surface area contributed by atoms with Gasteiger partial charge in [0.05, 0.1) is 22.6 Å². The molecule has 0 spiro atoms. The van der Waals surface area contributed by atoms with Gasteiger partial charge < -0.3 is 0 Å². The normalized spacial score (nSPS) is 11.3. The van der Waals surface area contributed by atoms with E-state index in [1.54, 1.807) is 0 Å². The molecule has 3 nitrogen and oxygen atoms in total. The Hall–Kier alpha value is -8.01. The summed E-state index contributed by atoms with van der Waals surface area (Å²) in [6.07, 6.45) is 0. The molecule has 0 aliphatic heterocycles. The van der Waals surface area contributed by atoms with E-state index >= 15 is 0 Å². The van der Waals surface area contributed by atoms with Crippen molar-refractivity contribution in [1.29, 1.82) is 0 Å². The Labute approximate surface area is 349 Å². The summed E-state index contributed by atoms with van der Waals surface area (Å²) in [6, 6.07) is 79.3. The highest BCUT2D eigenvalue weighted by Gasteiger charge is 2.17. The summed E-state index contributed by atoms with van der Waals surface area (Å²) in [5.74, 6) is 0.700. The fraction of sp³-hybridized carbons (Fsp3) is 0. The van der Waals surface area contributed by atoms with E-state index in [2.05, 4.69) is 194 Å². The lowest BCUT2D eigenvalue weighted by Crippen LogP contribution is -1.97. The average molecular weight is 764 g/mol. The van der Waals surface area contributed by atoms with Gasteiger partial charge in [0, 0.05) is 27.6 Å². The minimum absolute atomic E-state index is 0.700. The highest BCUT2D eigenvalue weighted by Crippen LogP contribution is 2.40. The van der Waals surface area contributed by atoms with Gasteiger partial charge >= 0.3 is 0 Å². The van der Waals surface area contributed by atoms with Crippen molar-refractivity contribution in [1.82, 2.24) is 15.0 Å². The zero-order chi connectivity index (χ0) is 39.8. The molecule has 0 radical (unpaired) electrons. The molecule has 11 aromatic rings. The van der Waals surface area contributed by atoms with Crippen molar-refractivity contribution in [2.75, 3.05) is 0 Å². The monoisotopic (exact) mass is 763 g/mol. The molecule has 2 heterocycles. The summed E-state index contributed by atoms with van der Waals surface area (Å²) in [5, 5.41) is 5.89. The summed E-state index contributed by atoms with van der Waals surface area (Å²) >= 11 is 0. The van der Waals surface area contributed by atoms with E-state index in [9.17, 15) is 0 Å². The van der Waals surface area contributed by atoms with Crippen molar-refractivity contribution in [3.05, 3.63) is 224 Å². The number of rotatable bonds is 7. The number of aromatic nitrogens is 3. The van der Waals surface area contributed by atoms with Gasteiger partial charge in [0.15, 0.2) is 5.82 Å². The largest absolute Gasteiger partial charge is 0.248 e. The van der Waals surface area contributed by atoms with Crippen molar-refractivity contribution in [3.63, 3.8) is 0 Å². The third kappa shape index (κ3) is 6.49. The van der Waals surface area contributed by atoms with Crippen LogP contribution in [0.1, 0.15) is 0 Å². The quantitative estimate of drug-likeness (QED) is 0.152. The van der Waals surface area contributed by atoms with E-state index in [1.165, 1.54) is 43.8 Å². The maximum absolute atomic E-state index is 5.22. The topological polar surface area (TPSA) is 38.7 Å². The van der Waals surface area contributed by atoms with Crippen LogP contribution in [-0.2, 0) is 0 Å². The number of fused-ring (bicyclic) bond motifs is 4. The molecule has 0 bridgehead atoms. The van der Waals surface area contributed by atoms with E-state index < -0.39 is 0 Å². The fourth-order valence-electron chi connectivity index (χ4n) is 8.51. The lowest BCUT2D eigenvalue weighted by atomic mass is 9.91. The summed E-state index contributed by atoms with van der Waals surface area (Å²) in [6.45, 7) is 0. The standard InChI is InChI=1S/C57H37N3/c1-4-14-38(15-5-1)39-24-30-44(31-25-39)54-37-55(60-57(59-54)45-19-8-3-9-20-45)50-34-33-46(48-22-12-13-23-49(48)50)41-26-28-42(29-27-41)51-36-53(43-17-6-2-7-18-43)58-52-35-32-40-16-10-11-21-47(40)56(51)52/h1-37H. The lowest BCUT2D eigenvalue weighted by Gasteiger charge is -2.15. The van der Waals surface area contributed by atoms with Gasteiger partial charge in [-0.1, -0.05) is 206 Å². The van der Waals surface area contributed by atoms with Crippen molar-refractivity contribution in [2.45, 2.75) is 0 Å². The van der Waals surface area contributed by atoms with E-state index in [-0.39, 0.29) is 0 Å². The van der Waals surface area contributed by atoms with Gasteiger partial charge in [-0.3, -0.25) is 0 Å². The number of hydrogen-bond acceptors (Lipinski definition) is 3. The lowest BCUT2D eigenvalue weighted by molar-refractivity contribution is 1.18. The molecular weight excluding hydrogens is 727 g/mol. The molecule has 0 fully saturated rings. The minimum Gasteiger partial charge on any atom is -0.248 e. The first-order chi connectivity index (χ1) is 29.7. The van der Waals surface area contributed by atoms with Crippen LogP contribution in [0.4, 0.5) is 0 Å². The molecule has 0 saturated heterocycles. The maximum Gasteiger partial charge on any atom is 0.160 e. The van der Waals surface area contributed by atoms with Gasteiger partial charge in [0.25, 0.3) is 0 Å². The molecule has 11 rings (SSSR count). The number of nitrogens with zero attached hydrogens (tertiary/aromatic N) is 3. The van der Waals surface area contributed by atoms with Gasteiger partial charge in [-0.05, 0) is 73.1 Å². The minimum atomic E-state index is 0.700. The molecule has 0 aliphatic carbocycles. The molecule has 0 aliphatic rings. The first-order valence-corrected chi connectivity index (χ1v) is 20.3. The van der Waals surface area contributed by atoms with Crippen molar-refractivity contribution < 1.29 is 0 Å². The Bertz CT molecular complexity index is 3320. The molecule has 60 heavy (non-hydrogen) atoms. The van der Waals surface area contributed by atoms with Crippen LogP contribution in [0.2, 0.25) is 0 Å². The number of benzene rings is 9. The molecule has 0 saturated carbocycles. The predicted molar refractivity (Wildman–Crippen MR) is 250 cm³/mol. The Balaban J connectivity index is 1.01. The summed E-state index contributed by atoms with van der Waals surface area (Å²) < 4.78 is 0. The van der Waals surface area contributed by atoms with Crippen LogP contribution >= 0.6 is 0 Å². The number of hydrogen-bond donors (Lipinski definition) is 0. The smallest absolute Gasteiger partial charge is 0.160 e. The molecule has 3 heteroatoms. The Morgan fingerprint density at radius 3 is 1.42 bits per heavy atom. The molecule has 280 valence electrons. The van der Waals surface area contributed by atoms with Crippen LogP contribution in [0.3, 0.4) is 0 Å². The van der Waals surface area contributed by atoms with Gasteiger partial charge in [0.2, 0.25) is 0 Å². The first kappa shape index (κ1) is 35.2. The van der Waals surface area contributed by atoms with Gasteiger partial charge in [-0.25, -0.2) is 15.0 Å². The van der Waals surface area contributed by atoms with Crippen molar-refractivity contribution in [2.24, 2.45) is 0 Å². The highest BCUT2D eigenvalue weighted by atomic mass is 14.9. The van der Waals surface area contributed by atoms with Crippen molar-refractivity contribution in [3.8, 4) is 78.5 Å². The predicted octanol–water partition coefficient (Wildman–Crippen LogP) is 15.0. The molecular formula is C57H37N3. The average Bonchev–Trinajstić information content (AvgIpc) is 3.34. The second-order valence-corrected chi connectivity index (χ2v) is 15.2. The summed E-state index contributed by atoms with van der Waals surface area (Å²) in [7, 11) is 0. The van der Waals surface area contributed by atoms with Crippen LogP contribution in [0.15, 0.2) is 224 Å². The van der Waals surface area contributed by atoms with Crippen molar-refractivity contribution >= 4 is 32.4 Å². The van der Waals surface area contributed by atoms with Crippen LogP contribution in [0, 0.1) is 0 Å². The van der Waals surface area contributed by atoms with E-state index in [0.717, 1.165) is 61.4 Å². The molecule has 0 unspecified atom stereocenters. The maximum atomic E-state index is 5.22. The Morgan fingerprint density at radius 2 is 0.717 bits per heavy atom. The second-order valence-electron chi connectivity index (χ2n) is 15.2. The van der Waals surface area contributed by atoms with Crippen LogP contribution < -0.4 is 0 Å². The van der Waals surface area contributed by atoms with Gasteiger partial charge in [0.1, 0.15) is 0 Å². The van der Waals surface area contributed by atoms with Crippen LogP contribution in [-0.4, -0.2) is 15.0 Å². The zero-order valence-corrected chi connectivity index (χ0v) is 32.7. The molecule has 0 atom stereocenters. The zero-order valence-electron chi connectivity index (χ0n) is 32.7. The van der Waals surface area contributed by atoms with E-state index in [4.69, 9.17) is 15.0 Å². The molecule has 0 amide bonds. The number of pyridine rings is 1. The highest BCUT2D eigenvalue weighted by molar-refractivity contribution is 6.14. The van der Waals surface area contributed by atoms with E-state index in [0.29, 0.717) is 5.82 Å². The Kier molecular flexibility index (Phi) is 8.83. The van der Waals surface area contributed by atoms with Gasteiger partial charge in [-0.15, -0.1) is 0 Å². The summed E-state index contributed by atoms with van der Waals surface area (Å²) in [5.41, 5.74) is 14.9. The van der Waals surface area contributed by atoms with Crippen LogP contribution in [0.25, 0.3) is 111 Å². The second kappa shape index (κ2) is 15.1. The molecule has 0 N–H and O–H groups in total. The molecule has 2 aromatic heterocycles. The molecule has 9 aromatic carbocycles. The fourth-order valence-corrected chi connectivity index (χ4v) is 8.51. The van der Waals surface area contributed by atoms with Crippen LogP contribution in [0.5, 0.6) is 0 Å². The summed E-state index contributed by atoms with van der Waals surface area (Å²) in [4.78, 5) is 15.5. The first-order valence-electron chi connectivity index (χ1n) is 20.3. The van der Waals surface area contributed by atoms with E-state index in [1.807, 2.05) is 30.3 Å². The third-order valence-corrected chi connectivity index (χ3v) is 11.5. The Morgan fingerprint density at radius 1 is 0.250 bits per heavy atom. The third-order valence-electron chi connectivity index (χ3n) is 11.5.